The maximum Gasteiger partial charge on any atom is 0.231 e. The predicted molar refractivity (Wildman–Crippen MR) is 179 cm³/mol. The number of benzene rings is 2. The topological polar surface area (TPSA) is 129 Å². The minimum Gasteiger partial charge on any atom is -0.369 e. The number of hydrogen-bond donors (Lipinski definition) is 5. The highest BCUT2D eigenvalue weighted by Gasteiger charge is 2.30. The molecule has 8 heteroatoms. The fourth-order valence-corrected chi connectivity index (χ4v) is 6.46. The number of rotatable bonds is 6. The van der Waals surface area contributed by atoms with E-state index in [1.165, 1.54) is 11.1 Å². The van der Waals surface area contributed by atoms with Crippen molar-refractivity contribution in [2.75, 3.05) is 16.4 Å². The third-order valence-corrected chi connectivity index (χ3v) is 7.88. The minimum absolute atomic E-state index is 0.0370. The van der Waals surface area contributed by atoms with Gasteiger partial charge in [0.05, 0.1) is 0 Å². The van der Waals surface area contributed by atoms with Gasteiger partial charge < -0.3 is 26.6 Å². The van der Waals surface area contributed by atoms with Gasteiger partial charge in [0.15, 0.2) is 12.5 Å². The number of nitrogens with one attached hydrogen (secondary N) is 2. The van der Waals surface area contributed by atoms with E-state index >= 15 is 0 Å². The number of aromatic nitrogens is 3. The molecule has 236 valence electrons. The number of hydrogen-bond acceptors (Lipinski definition) is 8. The van der Waals surface area contributed by atoms with E-state index in [1.54, 1.807) is 0 Å². The maximum atomic E-state index is 11.4. The van der Waals surface area contributed by atoms with Gasteiger partial charge in [-0.3, -0.25) is 0 Å². The molecule has 0 amide bonds. The predicted octanol–water partition coefficient (Wildman–Crippen LogP) is 7.47. The van der Waals surface area contributed by atoms with Crippen molar-refractivity contribution in [1.29, 1.82) is 0 Å². The van der Waals surface area contributed by atoms with Crippen LogP contribution in [0.4, 0.5) is 17.8 Å². The highest BCUT2D eigenvalue weighted by atomic mass is 16.3. The summed E-state index contributed by atoms with van der Waals surface area (Å²) in [5.74, 6) is 0.162. The van der Waals surface area contributed by atoms with Crippen molar-refractivity contribution in [1.82, 2.24) is 15.0 Å². The van der Waals surface area contributed by atoms with Crippen LogP contribution in [0, 0.1) is 13.8 Å². The maximum absolute atomic E-state index is 11.4. The van der Waals surface area contributed by atoms with Crippen molar-refractivity contribution in [3.05, 3.63) is 68.8 Å². The highest BCUT2D eigenvalue weighted by molar-refractivity contribution is 5.51. The average molecular weight is 591 g/mol. The largest absolute Gasteiger partial charge is 0.369 e. The molecule has 0 fully saturated rings. The van der Waals surface area contributed by atoms with Gasteiger partial charge >= 0.3 is 0 Å². The van der Waals surface area contributed by atoms with Crippen LogP contribution in [0.3, 0.4) is 0 Å². The first-order valence-electron chi connectivity index (χ1n) is 15.1. The molecule has 43 heavy (non-hydrogen) atoms. The van der Waals surface area contributed by atoms with Gasteiger partial charge in [0.2, 0.25) is 17.8 Å². The summed E-state index contributed by atoms with van der Waals surface area (Å²) in [7, 11) is 0. The Morgan fingerprint density at radius 2 is 0.884 bits per heavy atom. The van der Waals surface area contributed by atoms with Crippen LogP contribution >= 0.6 is 0 Å². The molecule has 0 spiro atoms. The summed E-state index contributed by atoms with van der Waals surface area (Å²) in [6.07, 6.45) is -2.19. The molecule has 6 N–H and O–H groups in total. The molecule has 0 radical (unpaired) electrons. The van der Waals surface area contributed by atoms with Crippen LogP contribution in [0.1, 0.15) is 140 Å². The van der Waals surface area contributed by atoms with Crippen molar-refractivity contribution < 1.29 is 10.2 Å². The van der Waals surface area contributed by atoms with E-state index in [2.05, 4.69) is 135 Å². The Hall–Kier alpha value is -3.23. The zero-order chi connectivity index (χ0) is 32.9. The molecular weight excluding hydrogens is 536 g/mol. The highest BCUT2D eigenvalue weighted by Crippen LogP contribution is 2.39. The van der Waals surface area contributed by atoms with Gasteiger partial charge in [-0.2, -0.15) is 15.0 Å². The summed E-state index contributed by atoms with van der Waals surface area (Å²) in [4.78, 5) is 12.9. The summed E-state index contributed by atoms with van der Waals surface area (Å²) in [6, 6.07) is 8.10. The van der Waals surface area contributed by atoms with Gasteiger partial charge in [0.1, 0.15) is 0 Å². The molecule has 1 heterocycles. The third-order valence-electron chi connectivity index (χ3n) is 7.88. The molecule has 0 bridgehead atoms. The van der Waals surface area contributed by atoms with E-state index < -0.39 is 12.5 Å². The Morgan fingerprint density at radius 3 is 1.16 bits per heavy atom. The molecule has 2 unspecified atom stereocenters. The number of nitrogens with zero attached hydrogens (tertiary/aromatic N) is 3. The molecule has 0 aliphatic rings. The Labute approximate surface area is 259 Å². The van der Waals surface area contributed by atoms with Crippen molar-refractivity contribution in [2.24, 2.45) is 0 Å². The molecule has 2 atom stereocenters. The second kappa shape index (κ2) is 11.7. The van der Waals surface area contributed by atoms with Crippen LogP contribution in [0.15, 0.2) is 24.3 Å². The fourth-order valence-electron chi connectivity index (χ4n) is 6.46. The van der Waals surface area contributed by atoms with Crippen molar-refractivity contribution in [2.45, 2.75) is 131 Å². The summed E-state index contributed by atoms with van der Waals surface area (Å²) in [5, 5.41) is 28.8. The minimum atomic E-state index is -1.10. The smallest absolute Gasteiger partial charge is 0.231 e. The van der Waals surface area contributed by atoms with Crippen molar-refractivity contribution in [3.63, 3.8) is 0 Å². The van der Waals surface area contributed by atoms with E-state index in [4.69, 9.17) is 5.73 Å². The van der Waals surface area contributed by atoms with Gasteiger partial charge in [-0.25, -0.2) is 0 Å². The number of aliphatic hydroxyl groups is 2. The molecule has 1 aromatic heterocycles. The molecule has 0 saturated heterocycles. The molecule has 3 rings (SSSR count). The van der Waals surface area contributed by atoms with Gasteiger partial charge in [0.25, 0.3) is 0 Å². The number of anilines is 3. The molecule has 8 nitrogen and oxygen atoms in total. The normalized spacial score (nSPS) is 14.4. The van der Waals surface area contributed by atoms with E-state index in [0.717, 1.165) is 33.4 Å². The van der Waals surface area contributed by atoms with Crippen LogP contribution in [0.25, 0.3) is 0 Å². The van der Waals surface area contributed by atoms with Gasteiger partial charge in [-0.1, -0.05) is 107 Å². The number of nitrogens with two attached hydrogens (primary N) is 1. The molecule has 0 saturated carbocycles. The lowest BCUT2D eigenvalue weighted by atomic mass is 9.74. The summed E-state index contributed by atoms with van der Waals surface area (Å²) in [6.45, 7) is 30.2. The van der Waals surface area contributed by atoms with Crippen LogP contribution < -0.4 is 16.4 Å². The second-order valence-corrected chi connectivity index (χ2v) is 15.8. The number of nitrogen functional groups attached to an aromatic ring is 1. The van der Waals surface area contributed by atoms with E-state index in [1.807, 2.05) is 12.1 Å². The van der Waals surface area contributed by atoms with Crippen molar-refractivity contribution in [3.8, 4) is 0 Å². The summed E-state index contributed by atoms with van der Waals surface area (Å²) in [5.41, 5.74) is 14.0. The lowest BCUT2D eigenvalue weighted by Gasteiger charge is -2.32. The monoisotopic (exact) mass is 590 g/mol. The lowest BCUT2D eigenvalue weighted by molar-refractivity contribution is 0.203. The first kappa shape index (κ1) is 34.3. The molecule has 2 aromatic carbocycles. The van der Waals surface area contributed by atoms with E-state index in [-0.39, 0.29) is 39.5 Å². The molecular formula is C35H54N6O2. The van der Waals surface area contributed by atoms with Gasteiger partial charge in [0, 0.05) is 11.1 Å². The average Bonchev–Trinajstić information content (AvgIpc) is 2.79. The van der Waals surface area contributed by atoms with Crippen molar-refractivity contribution >= 4 is 17.8 Å². The molecule has 0 aliphatic heterocycles. The Bertz CT molecular complexity index is 1360. The molecule has 3 aromatic rings. The van der Waals surface area contributed by atoms with Crippen LogP contribution in [0.5, 0.6) is 0 Å². The lowest BCUT2D eigenvalue weighted by Crippen LogP contribution is -2.25. The zero-order valence-electron chi connectivity index (χ0n) is 28.8. The van der Waals surface area contributed by atoms with Gasteiger partial charge in [-0.15, -0.1) is 0 Å². The van der Waals surface area contributed by atoms with E-state index in [9.17, 15) is 10.2 Å². The zero-order valence-corrected chi connectivity index (χ0v) is 28.8. The van der Waals surface area contributed by atoms with Crippen LogP contribution in [0.2, 0.25) is 0 Å². The molecule has 0 aliphatic carbocycles. The Balaban J connectivity index is 1.98. The first-order chi connectivity index (χ1) is 19.4. The Kier molecular flexibility index (Phi) is 9.32. The summed E-state index contributed by atoms with van der Waals surface area (Å²) >= 11 is 0. The first-order valence-corrected chi connectivity index (χ1v) is 15.1. The van der Waals surface area contributed by atoms with E-state index in [0.29, 0.717) is 0 Å². The van der Waals surface area contributed by atoms with Gasteiger partial charge in [-0.05, 0) is 68.9 Å². The fraction of sp³-hybridized carbons (Fsp3) is 0.571. The van der Waals surface area contributed by atoms with Crippen LogP contribution in [-0.2, 0) is 21.7 Å². The summed E-state index contributed by atoms with van der Waals surface area (Å²) < 4.78 is 0. The Morgan fingerprint density at radius 1 is 0.558 bits per heavy atom. The second-order valence-electron chi connectivity index (χ2n) is 15.8. The van der Waals surface area contributed by atoms with Crippen LogP contribution in [-0.4, -0.2) is 25.2 Å². The third kappa shape index (κ3) is 7.65. The number of aliphatic hydroxyl groups excluding tert-OH is 2. The SMILES string of the molecule is Cc1c(C(C)(C)C)ccc(C(O)Nc2nc(N)nc(NC(O)c3ccc(C(C)(C)C)c(C)c3C(C)(C)C)n2)c1C(C)(C)C. The quantitative estimate of drug-likeness (QED) is 0.187. The standard InChI is InChI=1S/C35H54N6O2/c1-19-23(32(3,4)5)17-15-21(25(19)34(9,10)11)27(42)37-30-39-29(36)40-31(41-30)38-28(43)22-16-18-24(33(6,7)8)20(2)26(22)35(12,13)14/h15-18,27-28,42-43H,1-14H3,(H4,36,37,38,39,40,41).